The van der Waals surface area contributed by atoms with Crippen molar-refractivity contribution in [2.45, 2.75) is 45.8 Å². The Kier molecular flexibility index (Phi) is 8.59. The second-order valence-corrected chi connectivity index (χ2v) is 12.5. The standard InChI is InChI=1S/C34H34N10O3.C2H6/c1-35-33(46)26-8-3-5-20(38-26)15-43-16-21(17-43)44-28-18-42(2)31-22(23(28)14-37-44)6-4-7-25(31)39-27-13-29(41-32(45)19-9-10-19)40-24-11-12-36-34(47)30(24)27;1-2/h3-8,11-14,19,21H,9-10,15-18H2,1-2H3,(H,35,46)(H,36,47)(H2,39,40,41,45);1-2H3. The third-order valence-corrected chi connectivity index (χ3v) is 9.13. The van der Waals surface area contributed by atoms with Gasteiger partial charge in [0.1, 0.15) is 11.5 Å². The van der Waals surface area contributed by atoms with E-state index in [1.54, 1.807) is 31.4 Å². The summed E-state index contributed by atoms with van der Waals surface area (Å²) < 4.78 is 2.14. The summed E-state index contributed by atoms with van der Waals surface area (Å²) in [7, 11) is 3.66. The molecule has 4 N–H and O–H groups in total. The molecular weight excluding hydrogens is 620 g/mol. The fourth-order valence-corrected chi connectivity index (χ4v) is 6.61. The van der Waals surface area contributed by atoms with Crippen LogP contribution in [0.25, 0.3) is 22.0 Å². The lowest BCUT2D eigenvalue weighted by molar-refractivity contribution is -0.117. The molecule has 1 aromatic carbocycles. The lowest BCUT2D eigenvalue weighted by atomic mass is 9.97. The Hall–Kier alpha value is -5.56. The molecule has 2 amide bonds. The molecule has 49 heavy (non-hydrogen) atoms. The number of H-pyrrole nitrogens is 1. The summed E-state index contributed by atoms with van der Waals surface area (Å²) in [6.07, 6.45) is 5.28. The van der Waals surface area contributed by atoms with Crippen LogP contribution in [0.2, 0.25) is 0 Å². The van der Waals surface area contributed by atoms with Gasteiger partial charge in [-0.3, -0.25) is 24.0 Å². The van der Waals surface area contributed by atoms with E-state index >= 15 is 0 Å². The minimum Gasteiger partial charge on any atom is -0.366 e. The van der Waals surface area contributed by atoms with Crippen molar-refractivity contribution in [3.8, 4) is 11.1 Å². The van der Waals surface area contributed by atoms with Crippen molar-refractivity contribution in [1.82, 2.24) is 34.9 Å². The zero-order valence-electron chi connectivity index (χ0n) is 28.1. The van der Waals surface area contributed by atoms with Crippen molar-refractivity contribution in [2.24, 2.45) is 5.92 Å². The van der Waals surface area contributed by atoms with Gasteiger partial charge in [0.25, 0.3) is 11.5 Å². The first-order valence-corrected chi connectivity index (χ1v) is 16.8. The molecule has 0 radical (unpaired) electrons. The van der Waals surface area contributed by atoms with Crippen LogP contribution < -0.4 is 26.4 Å². The molecular formula is C36H40N10O3. The molecule has 0 atom stereocenters. The SMILES string of the molecule is CC.CNC(=O)c1cccc(CN2CC(n3ncc4c3CN(C)c3c(Nc5cc(NC(=O)C6CC6)nc6cc[nH]c(=O)c56)cccc3-4)C2)n1. The first-order valence-electron chi connectivity index (χ1n) is 16.8. The van der Waals surface area contributed by atoms with E-state index in [1.165, 1.54) is 0 Å². The zero-order valence-corrected chi connectivity index (χ0v) is 28.1. The molecule has 4 aromatic heterocycles. The summed E-state index contributed by atoms with van der Waals surface area (Å²) in [6, 6.07) is 15.3. The number of benzene rings is 1. The molecule has 2 aliphatic heterocycles. The normalized spacial score (nSPS) is 15.4. The summed E-state index contributed by atoms with van der Waals surface area (Å²) >= 11 is 0. The molecule has 0 spiro atoms. The van der Waals surface area contributed by atoms with E-state index in [-0.39, 0.29) is 29.3 Å². The number of aromatic nitrogens is 5. The molecule has 5 aromatic rings. The van der Waals surface area contributed by atoms with Gasteiger partial charge in [-0.1, -0.05) is 32.0 Å². The molecule has 3 aliphatic rings. The number of carbonyl (C=O) groups is 2. The summed E-state index contributed by atoms with van der Waals surface area (Å²) in [6.45, 7) is 7.00. The highest BCUT2D eigenvalue weighted by Gasteiger charge is 2.34. The third kappa shape index (κ3) is 6.13. The molecule has 1 aliphatic carbocycles. The molecule has 252 valence electrons. The second kappa shape index (κ2) is 13.2. The number of pyridine rings is 3. The predicted octanol–water partition coefficient (Wildman–Crippen LogP) is 4.67. The van der Waals surface area contributed by atoms with E-state index in [9.17, 15) is 14.4 Å². The van der Waals surface area contributed by atoms with Gasteiger partial charge >= 0.3 is 0 Å². The fraction of sp³-hybridized carbons (Fsp3) is 0.333. The van der Waals surface area contributed by atoms with Crippen LogP contribution in [0.3, 0.4) is 0 Å². The highest BCUT2D eigenvalue weighted by Crippen LogP contribution is 2.45. The van der Waals surface area contributed by atoms with Gasteiger partial charge in [-0.05, 0) is 37.1 Å². The van der Waals surface area contributed by atoms with Gasteiger partial charge in [-0.15, -0.1) is 0 Å². The number of likely N-dealkylation sites (tertiary alicyclic amines) is 1. The van der Waals surface area contributed by atoms with E-state index in [0.717, 1.165) is 59.8 Å². The lowest BCUT2D eigenvalue weighted by Gasteiger charge is -2.40. The smallest absolute Gasteiger partial charge is 0.269 e. The first-order chi connectivity index (χ1) is 23.9. The van der Waals surface area contributed by atoms with Crippen LogP contribution in [-0.4, -0.2) is 68.6 Å². The summed E-state index contributed by atoms with van der Waals surface area (Å²) in [5.41, 5.74) is 7.19. The van der Waals surface area contributed by atoms with Crippen molar-refractivity contribution in [2.75, 3.05) is 42.7 Å². The van der Waals surface area contributed by atoms with Gasteiger partial charge in [-0.2, -0.15) is 5.10 Å². The van der Waals surface area contributed by atoms with Crippen molar-refractivity contribution >= 4 is 45.6 Å². The summed E-state index contributed by atoms with van der Waals surface area (Å²) in [5, 5.41) is 14.3. The van der Waals surface area contributed by atoms with Crippen LogP contribution in [0, 0.1) is 5.92 Å². The van der Waals surface area contributed by atoms with Gasteiger partial charge in [0, 0.05) is 63.0 Å². The Labute approximate surface area is 283 Å². The highest BCUT2D eigenvalue weighted by molar-refractivity contribution is 6.00. The Morgan fingerprint density at radius 1 is 1.00 bits per heavy atom. The highest BCUT2D eigenvalue weighted by atomic mass is 16.2. The number of nitrogens with one attached hydrogen (secondary N) is 4. The molecule has 8 rings (SSSR count). The zero-order chi connectivity index (χ0) is 34.2. The third-order valence-electron chi connectivity index (χ3n) is 9.13. The first kappa shape index (κ1) is 32.0. The number of amides is 2. The Bertz CT molecular complexity index is 2110. The van der Waals surface area contributed by atoms with Gasteiger partial charge in [0.15, 0.2) is 0 Å². The monoisotopic (exact) mass is 660 g/mol. The lowest BCUT2D eigenvalue weighted by Crippen LogP contribution is -2.48. The number of rotatable bonds is 8. The number of hydrogen-bond acceptors (Lipinski definition) is 9. The van der Waals surface area contributed by atoms with Crippen LogP contribution in [0.15, 0.2) is 65.7 Å². The number of fused-ring (bicyclic) bond motifs is 4. The van der Waals surface area contributed by atoms with Crippen molar-refractivity contribution in [3.63, 3.8) is 0 Å². The quantitative estimate of drug-likeness (QED) is 0.186. The second-order valence-electron chi connectivity index (χ2n) is 12.5. The average Bonchev–Trinajstić information content (AvgIpc) is 3.87. The summed E-state index contributed by atoms with van der Waals surface area (Å²) in [4.78, 5) is 53.9. The number of aromatic amines is 1. The topological polar surface area (TPSA) is 153 Å². The Morgan fingerprint density at radius 2 is 1.80 bits per heavy atom. The number of para-hydroxylation sites is 1. The number of anilines is 4. The maximum Gasteiger partial charge on any atom is 0.269 e. The van der Waals surface area contributed by atoms with E-state index in [0.29, 0.717) is 41.2 Å². The van der Waals surface area contributed by atoms with Crippen molar-refractivity contribution < 1.29 is 9.59 Å². The largest absolute Gasteiger partial charge is 0.366 e. The molecule has 1 saturated heterocycles. The molecule has 13 heteroatoms. The molecule has 2 fully saturated rings. The van der Waals surface area contributed by atoms with Crippen LogP contribution in [0.1, 0.15) is 54.6 Å². The van der Waals surface area contributed by atoms with E-state index in [2.05, 4.69) is 58.5 Å². The average molecular weight is 661 g/mol. The van der Waals surface area contributed by atoms with Crippen LogP contribution in [0.4, 0.5) is 22.9 Å². The fourth-order valence-electron chi connectivity index (χ4n) is 6.61. The van der Waals surface area contributed by atoms with Crippen molar-refractivity contribution in [1.29, 1.82) is 0 Å². The van der Waals surface area contributed by atoms with Crippen LogP contribution in [0.5, 0.6) is 0 Å². The molecule has 0 unspecified atom stereocenters. The minimum absolute atomic E-state index is 0.0281. The number of carbonyl (C=O) groups excluding carboxylic acids is 2. The van der Waals surface area contributed by atoms with Gasteiger partial charge < -0.3 is 25.8 Å². The molecule has 6 heterocycles. The van der Waals surface area contributed by atoms with E-state index in [4.69, 9.17) is 5.10 Å². The van der Waals surface area contributed by atoms with Gasteiger partial charge in [-0.25, -0.2) is 9.97 Å². The maximum absolute atomic E-state index is 13.0. The van der Waals surface area contributed by atoms with E-state index < -0.39 is 0 Å². The Morgan fingerprint density at radius 3 is 2.57 bits per heavy atom. The van der Waals surface area contributed by atoms with Crippen LogP contribution in [-0.2, 0) is 17.9 Å². The molecule has 1 saturated carbocycles. The van der Waals surface area contributed by atoms with Crippen LogP contribution >= 0.6 is 0 Å². The van der Waals surface area contributed by atoms with Gasteiger partial charge in [0.05, 0.1) is 58.1 Å². The number of nitrogens with zero attached hydrogens (tertiary/aromatic N) is 6. The Balaban J connectivity index is 0.00000186. The molecule has 13 nitrogen and oxygen atoms in total. The van der Waals surface area contributed by atoms with E-state index in [1.807, 2.05) is 44.3 Å². The molecule has 0 bridgehead atoms. The number of hydrogen-bond donors (Lipinski definition) is 4. The predicted molar refractivity (Wildman–Crippen MR) is 190 cm³/mol. The van der Waals surface area contributed by atoms with Gasteiger partial charge in [0.2, 0.25) is 5.91 Å². The van der Waals surface area contributed by atoms with Crippen molar-refractivity contribution in [3.05, 3.63) is 88.4 Å². The summed E-state index contributed by atoms with van der Waals surface area (Å²) in [5.74, 6) is 0.202. The minimum atomic E-state index is -0.260. The maximum atomic E-state index is 13.0.